The van der Waals surface area contributed by atoms with Crippen LogP contribution in [0.2, 0.25) is 0 Å². The molecule has 258 valence electrons. The van der Waals surface area contributed by atoms with Crippen LogP contribution < -0.4 is 0 Å². The van der Waals surface area contributed by atoms with Crippen molar-refractivity contribution in [2.45, 2.75) is 168 Å². The second-order valence-corrected chi connectivity index (χ2v) is 11.9. The Bertz CT molecular complexity index is 808. The summed E-state index contributed by atoms with van der Waals surface area (Å²) in [6.07, 6.45) is 45.6. The lowest BCUT2D eigenvalue weighted by molar-refractivity contribution is -0.161. The van der Waals surface area contributed by atoms with Gasteiger partial charge in [-0.1, -0.05) is 132 Å². The fourth-order valence-corrected chi connectivity index (χ4v) is 4.77. The number of carbonyl (C=O) groups excluding carboxylic acids is 2. The van der Waals surface area contributed by atoms with E-state index in [2.05, 4.69) is 74.6 Å². The van der Waals surface area contributed by atoms with Gasteiger partial charge < -0.3 is 14.6 Å². The van der Waals surface area contributed by atoms with Gasteiger partial charge in [-0.05, 0) is 77.0 Å². The quantitative estimate of drug-likeness (QED) is 0.0456. The van der Waals surface area contributed by atoms with Gasteiger partial charge in [0, 0.05) is 12.8 Å². The lowest BCUT2D eigenvalue weighted by atomic mass is 10.1. The third-order valence-electron chi connectivity index (χ3n) is 7.55. The molecule has 0 aliphatic rings. The molecule has 5 heteroatoms. The molecule has 45 heavy (non-hydrogen) atoms. The van der Waals surface area contributed by atoms with Crippen molar-refractivity contribution in [1.82, 2.24) is 0 Å². The average molecular weight is 629 g/mol. The van der Waals surface area contributed by atoms with Crippen LogP contribution in [0.25, 0.3) is 0 Å². The highest BCUT2D eigenvalue weighted by molar-refractivity contribution is 5.70. The van der Waals surface area contributed by atoms with E-state index < -0.39 is 6.10 Å². The van der Waals surface area contributed by atoms with E-state index in [4.69, 9.17) is 9.47 Å². The van der Waals surface area contributed by atoms with Crippen LogP contribution in [0.4, 0.5) is 0 Å². The Balaban J connectivity index is 3.64. The third-order valence-corrected chi connectivity index (χ3v) is 7.55. The number of hydrogen-bond acceptors (Lipinski definition) is 5. The number of esters is 2. The maximum absolute atomic E-state index is 12.1. The predicted molar refractivity (Wildman–Crippen MR) is 191 cm³/mol. The lowest BCUT2D eigenvalue weighted by Crippen LogP contribution is -2.28. The molecule has 5 nitrogen and oxygen atoms in total. The number of carbonyl (C=O) groups is 2. The Morgan fingerprint density at radius 2 is 0.956 bits per heavy atom. The molecule has 0 aliphatic heterocycles. The van der Waals surface area contributed by atoms with E-state index in [0.29, 0.717) is 12.8 Å². The second kappa shape index (κ2) is 36.1. The highest BCUT2D eigenvalue weighted by Crippen LogP contribution is 2.11. The summed E-state index contributed by atoms with van der Waals surface area (Å²) in [6, 6.07) is 0. The third kappa shape index (κ3) is 34.3. The van der Waals surface area contributed by atoms with Crippen molar-refractivity contribution in [2.75, 3.05) is 13.2 Å². The minimum Gasteiger partial charge on any atom is -0.462 e. The number of aliphatic hydroxyl groups is 1. The van der Waals surface area contributed by atoms with Crippen molar-refractivity contribution in [3.05, 3.63) is 60.8 Å². The molecule has 0 aliphatic carbocycles. The van der Waals surface area contributed by atoms with Crippen LogP contribution in [0, 0.1) is 0 Å². The molecule has 0 aromatic rings. The van der Waals surface area contributed by atoms with Gasteiger partial charge in [0.1, 0.15) is 6.61 Å². The van der Waals surface area contributed by atoms with Gasteiger partial charge in [-0.15, -0.1) is 0 Å². The number of rotatable bonds is 32. The average Bonchev–Trinajstić information content (AvgIpc) is 3.04. The molecule has 0 aromatic heterocycles. The van der Waals surface area contributed by atoms with E-state index in [-0.39, 0.29) is 25.2 Å². The van der Waals surface area contributed by atoms with E-state index in [1.807, 2.05) is 0 Å². The fraction of sp³-hybridized carbons (Fsp3) is 0.700. The minimum absolute atomic E-state index is 0.0827. The van der Waals surface area contributed by atoms with Gasteiger partial charge in [0.2, 0.25) is 0 Å². The van der Waals surface area contributed by atoms with Crippen molar-refractivity contribution in [3.8, 4) is 0 Å². The molecule has 0 saturated carbocycles. The molecule has 0 saturated heterocycles. The van der Waals surface area contributed by atoms with Gasteiger partial charge in [0.15, 0.2) is 6.10 Å². The molecule has 0 bridgehead atoms. The summed E-state index contributed by atoms with van der Waals surface area (Å²) in [7, 11) is 0. The molecular formula is C40H68O5. The van der Waals surface area contributed by atoms with Crippen LogP contribution in [0.3, 0.4) is 0 Å². The summed E-state index contributed by atoms with van der Waals surface area (Å²) >= 11 is 0. The first-order chi connectivity index (χ1) is 22.1. The van der Waals surface area contributed by atoms with E-state index in [0.717, 1.165) is 89.9 Å². The van der Waals surface area contributed by atoms with Crippen molar-refractivity contribution >= 4 is 11.9 Å². The summed E-state index contributed by atoms with van der Waals surface area (Å²) < 4.78 is 10.6. The van der Waals surface area contributed by atoms with Crippen LogP contribution >= 0.6 is 0 Å². The van der Waals surface area contributed by atoms with E-state index in [9.17, 15) is 14.7 Å². The van der Waals surface area contributed by atoms with Gasteiger partial charge in [0.25, 0.3) is 0 Å². The largest absolute Gasteiger partial charge is 0.462 e. The predicted octanol–water partition coefficient (Wildman–Crippen LogP) is 11.2. The first-order valence-electron chi connectivity index (χ1n) is 18.3. The van der Waals surface area contributed by atoms with Crippen LogP contribution in [0.15, 0.2) is 60.8 Å². The molecule has 0 spiro atoms. The highest BCUT2D eigenvalue weighted by Gasteiger charge is 2.16. The smallest absolute Gasteiger partial charge is 0.306 e. The molecule has 0 radical (unpaired) electrons. The minimum atomic E-state index is -0.787. The zero-order chi connectivity index (χ0) is 32.9. The molecule has 1 unspecified atom stereocenters. The monoisotopic (exact) mass is 629 g/mol. The van der Waals surface area contributed by atoms with Gasteiger partial charge in [-0.3, -0.25) is 9.59 Å². The zero-order valence-electron chi connectivity index (χ0n) is 29.1. The molecule has 1 atom stereocenters. The molecular weight excluding hydrogens is 560 g/mol. The lowest BCUT2D eigenvalue weighted by Gasteiger charge is -2.15. The molecule has 0 rings (SSSR count). The van der Waals surface area contributed by atoms with Crippen molar-refractivity contribution < 1.29 is 24.2 Å². The maximum Gasteiger partial charge on any atom is 0.306 e. The first-order valence-corrected chi connectivity index (χ1v) is 18.3. The molecule has 0 aromatic carbocycles. The summed E-state index contributed by atoms with van der Waals surface area (Å²) in [4.78, 5) is 24.2. The van der Waals surface area contributed by atoms with E-state index >= 15 is 0 Å². The number of unbranched alkanes of at least 4 members (excludes halogenated alkanes) is 14. The molecule has 1 N–H and O–H groups in total. The number of hydrogen-bond donors (Lipinski definition) is 1. The van der Waals surface area contributed by atoms with Gasteiger partial charge in [0.05, 0.1) is 6.61 Å². The van der Waals surface area contributed by atoms with Crippen LogP contribution in [0.1, 0.15) is 162 Å². The zero-order valence-corrected chi connectivity index (χ0v) is 29.1. The summed E-state index contributed by atoms with van der Waals surface area (Å²) in [6.45, 7) is 3.96. The van der Waals surface area contributed by atoms with Crippen LogP contribution in [-0.2, 0) is 19.1 Å². The van der Waals surface area contributed by atoms with Gasteiger partial charge in [-0.2, -0.15) is 0 Å². The standard InChI is InChI=1S/C40H68O5/c1-3-5-7-9-11-13-15-17-19-21-22-24-26-28-30-32-34-39(42)44-37-38(36-41)45-40(43)35-33-31-29-27-25-23-20-18-16-14-12-10-8-6-4-2/h6,8,12-15,18-21,38,41H,3-5,7,9-11,16-17,22-37H2,1-2H3/b8-6-,14-12-,15-13-,20-18-,21-19-. The Hall–Kier alpha value is -2.40. The number of aliphatic hydroxyl groups excluding tert-OH is 1. The van der Waals surface area contributed by atoms with Gasteiger partial charge >= 0.3 is 11.9 Å². The summed E-state index contributed by atoms with van der Waals surface area (Å²) in [5.41, 5.74) is 0. The molecule has 0 fully saturated rings. The topological polar surface area (TPSA) is 72.8 Å². The Labute approximate surface area is 277 Å². The van der Waals surface area contributed by atoms with Crippen LogP contribution in [-0.4, -0.2) is 36.4 Å². The maximum atomic E-state index is 12.1. The second-order valence-electron chi connectivity index (χ2n) is 11.9. The fourth-order valence-electron chi connectivity index (χ4n) is 4.77. The summed E-state index contributed by atoms with van der Waals surface area (Å²) in [5.74, 6) is -0.632. The Morgan fingerprint density at radius 3 is 1.44 bits per heavy atom. The summed E-state index contributed by atoms with van der Waals surface area (Å²) in [5, 5.41) is 9.53. The van der Waals surface area contributed by atoms with E-state index in [1.54, 1.807) is 0 Å². The van der Waals surface area contributed by atoms with E-state index in [1.165, 1.54) is 44.9 Å². The van der Waals surface area contributed by atoms with Crippen molar-refractivity contribution in [1.29, 1.82) is 0 Å². The highest BCUT2D eigenvalue weighted by atomic mass is 16.6. The number of ether oxygens (including phenoxy) is 2. The normalized spacial score (nSPS) is 12.9. The first kappa shape index (κ1) is 42.6. The molecule has 0 amide bonds. The van der Waals surface area contributed by atoms with Crippen molar-refractivity contribution in [2.24, 2.45) is 0 Å². The Kier molecular flexibility index (Phi) is 34.1. The van der Waals surface area contributed by atoms with Crippen LogP contribution in [0.5, 0.6) is 0 Å². The van der Waals surface area contributed by atoms with Crippen molar-refractivity contribution in [3.63, 3.8) is 0 Å². The van der Waals surface area contributed by atoms with Gasteiger partial charge in [-0.25, -0.2) is 0 Å². The number of allylic oxidation sites excluding steroid dienone is 10. The molecule has 0 heterocycles. The Morgan fingerprint density at radius 1 is 0.533 bits per heavy atom. The SMILES string of the molecule is CC/C=C\C/C=C\C/C=C\CCCCCCCC(=O)OC(CO)COC(=O)CCCCCCC/C=C\C/C=C\CCCCCC.